The summed E-state index contributed by atoms with van der Waals surface area (Å²) in [7, 11) is -4.33. The van der Waals surface area contributed by atoms with E-state index in [1.807, 2.05) is 0 Å². The van der Waals surface area contributed by atoms with Crippen molar-refractivity contribution in [3.05, 3.63) is 53.6 Å². The van der Waals surface area contributed by atoms with Crippen LogP contribution in [0.2, 0.25) is 5.02 Å². The molecule has 1 N–H and O–H groups in total. The standard InChI is InChI=1S/C14H9ClO3S/c15-13-9-5-1-3-7-11(9)14(19(16,17)18)12-8-4-2-6-10(12)13/h1-8H,(H,16,17,18). The van der Waals surface area contributed by atoms with Crippen LogP contribution in [0.15, 0.2) is 53.4 Å². The summed E-state index contributed by atoms with van der Waals surface area (Å²) in [6, 6.07) is 13.7. The molecule has 5 heteroatoms. The van der Waals surface area contributed by atoms with Gasteiger partial charge in [0, 0.05) is 21.5 Å². The van der Waals surface area contributed by atoms with Crippen molar-refractivity contribution in [3.8, 4) is 0 Å². The Hall–Kier alpha value is -1.62. The predicted molar refractivity (Wildman–Crippen MR) is 76.3 cm³/mol. The summed E-state index contributed by atoms with van der Waals surface area (Å²) in [6.07, 6.45) is 0. The van der Waals surface area contributed by atoms with Crippen LogP contribution in [0.4, 0.5) is 0 Å². The summed E-state index contributed by atoms with van der Waals surface area (Å²) in [5, 5.41) is 2.55. The van der Waals surface area contributed by atoms with Crippen LogP contribution in [0.3, 0.4) is 0 Å². The van der Waals surface area contributed by atoms with Crippen molar-refractivity contribution < 1.29 is 13.0 Å². The number of hydrogen-bond acceptors (Lipinski definition) is 2. The minimum Gasteiger partial charge on any atom is -0.282 e. The molecule has 0 saturated carbocycles. The Kier molecular flexibility index (Phi) is 2.74. The van der Waals surface area contributed by atoms with Crippen LogP contribution >= 0.6 is 11.6 Å². The van der Waals surface area contributed by atoms with Crippen LogP contribution < -0.4 is 0 Å². The first-order valence-corrected chi connectivity index (χ1v) is 7.38. The summed E-state index contributed by atoms with van der Waals surface area (Å²) in [5.74, 6) is 0. The Bertz CT molecular complexity index is 844. The number of hydrogen-bond donors (Lipinski definition) is 1. The Balaban J connectivity index is 2.73. The van der Waals surface area contributed by atoms with Crippen LogP contribution in [-0.4, -0.2) is 13.0 Å². The lowest BCUT2D eigenvalue weighted by atomic mass is 10.0. The summed E-state index contributed by atoms with van der Waals surface area (Å²) in [6.45, 7) is 0. The van der Waals surface area contributed by atoms with Crippen molar-refractivity contribution in [2.45, 2.75) is 4.90 Å². The number of halogens is 1. The Morgan fingerprint density at radius 3 is 1.53 bits per heavy atom. The fourth-order valence-corrected chi connectivity index (χ4v) is 3.55. The van der Waals surface area contributed by atoms with Gasteiger partial charge in [0.25, 0.3) is 10.1 Å². The second-order valence-corrected chi connectivity index (χ2v) is 5.95. The second kappa shape index (κ2) is 4.20. The third kappa shape index (κ3) is 1.89. The Labute approximate surface area is 115 Å². The molecule has 0 heterocycles. The third-order valence-electron chi connectivity index (χ3n) is 3.07. The maximum atomic E-state index is 11.7. The largest absolute Gasteiger partial charge is 0.295 e. The normalized spacial score (nSPS) is 12.1. The molecule has 0 aliphatic carbocycles. The summed E-state index contributed by atoms with van der Waals surface area (Å²) >= 11 is 6.32. The lowest BCUT2D eigenvalue weighted by Gasteiger charge is -2.11. The number of rotatable bonds is 1. The second-order valence-electron chi connectivity index (χ2n) is 4.21. The first kappa shape index (κ1) is 12.4. The number of fused-ring (bicyclic) bond motifs is 2. The topological polar surface area (TPSA) is 54.4 Å². The fraction of sp³-hybridized carbons (Fsp3) is 0. The van der Waals surface area contributed by atoms with Crippen LogP contribution in [0.25, 0.3) is 21.5 Å². The Morgan fingerprint density at radius 1 is 0.789 bits per heavy atom. The zero-order valence-electron chi connectivity index (χ0n) is 9.67. The van der Waals surface area contributed by atoms with Gasteiger partial charge in [0.05, 0.1) is 5.02 Å². The van der Waals surface area contributed by atoms with E-state index in [0.717, 1.165) is 0 Å². The van der Waals surface area contributed by atoms with Crippen molar-refractivity contribution in [2.24, 2.45) is 0 Å². The van der Waals surface area contributed by atoms with Crippen molar-refractivity contribution in [2.75, 3.05) is 0 Å². The maximum absolute atomic E-state index is 11.7. The smallest absolute Gasteiger partial charge is 0.282 e. The summed E-state index contributed by atoms with van der Waals surface area (Å²) in [5.41, 5.74) is 0. The van der Waals surface area contributed by atoms with Crippen LogP contribution in [0.5, 0.6) is 0 Å². The molecule has 0 bridgehead atoms. The van der Waals surface area contributed by atoms with Crippen molar-refractivity contribution >= 4 is 43.3 Å². The monoisotopic (exact) mass is 292 g/mol. The molecule has 3 rings (SSSR count). The van der Waals surface area contributed by atoms with E-state index < -0.39 is 10.1 Å². The highest BCUT2D eigenvalue weighted by Gasteiger charge is 2.20. The molecule has 0 unspecified atom stereocenters. The van der Waals surface area contributed by atoms with E-state index in [-0.39, 0.29) is 4.90 Å². The van der Waals surface area contributed by atoms with Gasteiger partial charge in [0.15, 0.2) is 0 Å². The zero-order valence-corrected chi connectivity index (χ0v) is 11.2. The Morgan fingerprint density at radius 2 is 1.16 bits per heavy atom. The SMILES string of the molecule is O=S(=O)(O)c1c2ccccc2c(Cl)c2ccccc12. The average Bonchev–Trinajstić information content (AvgIpc) is 2.38. The first-order chi connectivity index (χ1) is 9.00. The van der Waals surface area contributed by atoms with E-state index in [9.17, 15) is 13.0 Å². The van der Waals surface area contributed by atoms with Gasteiger partial charge in [0.2, 0.25) is 0 Å². The molecule has 0 spiro atoms. The van der Waals surface area contributed by atoms with E-state index in [4.69, 9.17) is 11.6 Å². The zero-order chi connectivity index (χ0) is 13.6. The van der Waals surface area contributed by atoms with Crippen LogP contribution in [0, 0.1) is 0 Å². The van der Waals surface area contributed by atoms with Gasteiger partial charge in [-0.05, 0) is 0 Å². The van der Waals surface area contributed by atoms with E-state index in [1.54, 1.807) is 48.5 Å². The molecule has 3 aromatic carbocycles. The van der Waals surface area contributed by atoms with Crippen LogP contribution in [0.1, 0.15) is 0 Å². The molecule has 0 amide bonds. The minimum absolute atomic E-state index is 0.0944. The van der Waals surface area contributed by atoms with E-state index in [1.165, 1.54) is 0 Å². The molecule has 3 aromatic rings. The molecule has 96 valence electrons. The highest BCUT2D eigenvalue weighted by molar-refractivity contribution is 7.86. The molecule has 0 aliphatic heterocycles. The first-order valence-electron chi connectivity index (χ1n) is 5.56. The van der Waals surface area contributed by atoms with Crippen molar-refractivity contribution in [1.82, 2.24) is 0 Å². The molecule has 19 heavy (non-hydrogen) atoms. The highest BCUT2D eigenvalue weighted by atomic mass is 35.5. The molecule has 0 aliphatic rings. The summed E-state index contributed by atoms with van der Waals surface area (Å²) < 4.78 is 32.9. The molecule has 0 atom stereocenters. The molecular formula is C14H9ClO3S. The van der Waals surface area contributed by atoms with Gasteiger partial charge in [-0.2, -0.15) is 8.42 Å². The summed E-state index contributed by atoms with van der Waals surface area (Å²) in [4.78, 5) is -0.0944. The van der Waals surface area contributed by atoms with Gasteiger partial charge in [-0.3, -0.25) is 4.55 Å². The lowest BCUT2D eigenvalue weighted by Crippen LogP contribution is -2.01. The minimum atomic E-state index is -4.33. The maximum Gasteiger partial charge on any atom is 0.295 e. The van der Waals surface area contributed by atoms with Crippen molar-refractivity contribution in [3.63, 3.8) is 0 Å². The molecule has 0 aromatic heterocycles. The molecule has 0 radical (unpaired) electrons. The molecule has 0 saturated heterocycles. The molecule has 0 fully saturated rings. The average molecular weight is 293 g/mol. The molecule has 3 nitrogen and oxygen atoms in total. The molecular weight excluding hydrogens is 284 g/mol. The number of benzene rings is 3. The fourth-order valence-electron chi connectivity index (χ4n) is 2.31. The predicted octanol–water partition coefficient (Wildman–Crippen LogP) is 3.89. The highest BCUT2D eigenvalue weighted by Crippen LogP contribution is 2.38. The van der Waals surface area contributed by atoms with Gasteiger partial charge in [0.1, 0.15) is 4.90 Å². The van der Waals surface area contributed by atoms with Crippen molar-refractivity contribution in [1.29, 1.82) is 0 Å². The van der Waals surface area contributed by atoms with Gasteiger partial charge >= 0.3 is 0 Å². The van der Waals surface area contributed by atoms with E-state index in [2.05, 4.69) is 0 Å². The quantitative estimate of drug-likeness (QED) is 0.547. The van der Waals surface area contributed by atoms with Gasteiger partial charge in [-0.1, -0.05) is 60.1 Å². The van der Waals surface area contributed by atoms with Gasteiger partial charge in [-0.15, -0.1) is 0 Å². The lowest BCUT2D eigenvalue weighted by molar-refractivity contribution is 0.485. The van der Waals surface area contributed by atoms with Crippen LogP contribution in [-0.2, 0) is 10.1 Å². The van der Waals surface area contributed by atoms with Gasteiger partial charge in [-0.25, -0.2) is 0 Å². The van der Waals surface area contributed by atoms with E-state index in [0.29, 0.717) is 26.6 Å². The third-order valence-corrected chi connectivity index (χ3v) is 4.44. The van der Waals surface area contributed by atoms with Gasteiger partial charge < -0.3 is 0 Å². The van der Waals surface area contributed by atoms with E-state index >= 15 is 0 Å².